The van der Waals surface area contributed by atoms with Gasteiger partial charge in [0.1, 0.15) is 0 Å². The van der Waals surface area contributed by atoms with Crippen LogP contribution in [-0.4, -0.2) is 20.9 Å². The van der Waals surface area contributed by atoms with Crippen LogP contribution >= 0.6 is 11.8 Å². The van der Waals surface area contributed by atoms with Gasteiger partial charge in [0, 0.05) is 24.7 Å². The van der Waals surface area contributed by atoms with E-state index in [1.807, 2.05) is 0 Å². The Morgan fingerprint density at radius 1 is 1.47 bits per heavy atom. The summed E-state index contributed by atoms with van der Waals surface area (Å²) in [5, 5.41) is 9.83. The highest BCUT2D eigenvalue weighted by Crippen LogP contribution is 2.40. The van der Waals surface area contributed by atoms with Crippen molar-refractivity contribution in [3.8, 4) is 0 Å². The second-order valence-electron chi connectivity index (χ2n) is 4.26. The van der Waals surface area contributed by atoms with E-state index in [1.54, 1.807) is 23.0 Å². The van der Waals surface area contributed by atoms with Crippen LogP contribution in [0.5, 0.6) is 0 Å². The van der Waals surface area contributed by atoms with Crippen LogP contribution < -0.4 is 0 Å². The molecule has 1 atom stereocenters. The van der Waals surface area contributed by atoms with Crippen LogP contribution in [0.4, 0.5) is 13.2 Å². The number of hydrogen-bond donors (Lipinski definition) is 1. The van der Waals surface area contributed by atoms with Crippen molar-refractivity contribution in [2.45, 2.75) is 31.0 Å². The van der Waals surface area contributed by atoms with Crippen molar-refractivity contribution < 1.29 is 18.3 Å². The Labute approximate surface area is 102 Å². The molecule has 17 heavy (non-hydrogen) atoms. The molecule has 1 aromatic rings. The highest BCUT2D eigenvalue weighted by Gasteiger charge is 2.31. The van der Waals surface area contributed by atoms with Gasteiger partial charge >= 0.3 is 5.51 Å². The second-order valence-corrected chi connectivity index (χ2v) is 5.42. The third kappa shape index (κ3) is 3.96. The number of rotatable bonds is 5. The minimum Gasteiger partial charge on any atom is -0.388 e. The van der Waals surface area contributed by atoms with Gasteiger partial charge in [-0.1, -0.05) is 0 Å². The third-order valence-corrected chi connectivity index (χ3v) is 3.51. The van der Waals surface area contributed by atoms with Gasteiger partial charge in [0.15, 0.2) is 0 Å². The van der Waals surface area contributed by atoms with Gasteiger partial charge in [-0.2, -0.15) is 13.2 Å². The number of nitrogens with zero attached hydrogens (tertiary/aromatic N) is 1. The second kappa shape index (κ2) is 4.94. The highest BCUT2D eigenvalue weighted by atomic mass is 32.2. The molecule has 1 unspecified atom stereocenters. The van der Waals surface area contributed by atoms with Gasteiger partial charge < -0.3 is 9.67 Å². The molecule has 0 spiro atoms. The molecule has 0 bridgehead atoms. The van der Waals surface area contributed by atoms with Crippen LogP contribution in [0.3, 0.4) is 0 Å². The summed E-state index contributed by atoms with van der Waals surface area (Å²) < 4.78 is 37.5. The van der Waals surface area contributed by atoms with Gasteiger partial charge in [0.05, 0.1) is 6.10 Å². The molecule has 1 saturated carbocycles. The van der Waals surface area contributed by atoms with Crippen LogP contribution in [0, 0.1) is 5.92 Å². The summed E-state index contributed by atoms with van der Waals surface area (Å²) in [4.78, 5) is 0. The van der Waals surface area contributed by atoms with E-state index in [-0.39, 0.29) is 17.5 Å². The van der Waals surface area contributed by atoms with Crippen LogP contribution in [0.2, 0.25) is 0 Å². The van der Waals surface area contributed by atoms with E-state index in [4.69, 9.17) is 0 Å². The molecule has 1 N–H and O–H groups in total. The van der Waals surface area contributed by atoms with Crippen LogP contribution in [0.15, 0.2) is 18.5 Å². The lowest BCUT2D eigenvalue weighted by Gasteiger charge is -2.07. The lowest BCUT2D eigenvalue weighted by atomic mass is 10.1. The molecule has 0 saturated heterocycles. The Hall–Kier alpha value is -0.620. The standard InChI is InChI=1S/C11H14F3NOS/c12-11(13,14)17-6-5-15-4-3-9(7-15)10(16)8-1-2-8/h3-4,7-8,10,16H,1-2,5-6H2. The maximum Gasteiger partial charge on any atom is 0.441 e. The quantitative estimate of drug-likeness (QED) is 0.884. The third-order valence-electron chi connectivity index (χ3n) is 2.80. The zero-order valence-corrected chi connectivity index (χ0v) is 9.97. The lowest BCUT2D eigenvalue weighted by Crippen LogP contribution is -2.06. The zero-order chi connectivity index (χ0) is 12.5. The summed E-state index contributed by atoms with van der Waals surface area (Å²) in [6.07, 6.45) is 5.08. The Morgan fingerprint density at radius 3 is 2.76 bits per heavy atom. The Morgan fingerprint density at radius 2 is 2.18 bits per heavy atom. The number of hydrogen-bond acceptors (Lipinski definition) is 2. The number of thioether (sulfide) groups is 1. The Bertz CT molecular complexity index is 373. The number of aliphatic hydroxyl groups is 1. The molecule has 6 heteroatoms. The topological polar surface area (TPSA) is 25.2 Å². The lowest BCUT2D eigenvalue weighted by molar-refractivity contribution is -0.0328. The molecule has 1 heterocycles. The first-order chi connectivity index (χ1) is 7.96. The first-order valence-electron chi connectivity index (χ1n) is 5.50. The smallest absolute Gasteiger partial charge is 0.388 e. The molecule has 1 aromatic heterocycles. The predicted octanol–water partition coefficient (Wildman–Crippen LogP) is 3.18. The van der Waals surface area contributed by atoms with Gasteiger partial charge in [-0.05, 0) is 42.2 Å². The summed E-state index contributed by atoms with van der Waals surface area (Å²) in [7, 11) is 0. The van der Waals surface area contributed by atoms with Gasteiger partial charge in [-0.25, -0.2) is 0 Å². The minimum absolute atomic E-state index is 0.00283. The van der Waals surface area contributed by atoms with Crippen LogP contribution in [-0.2, 0) is 6.54 Å². The Kier molecular flexibility index (Phi) is 3.73. The van der Waals surface area contributed by atoms with Crippen molar-refractivity contribution in [2.75, 3.05) is 5.75 Å². The molecule has 2 rings (SSSR count). The van der Waals surface area contributed by atoms with Crippen molar-refractivity contribution in [2.24, 2.45) is 5.92 Å². The molecule has 2 nitrogen and oxygen atoms in total. The highest BCUT2D eigenvalue weighted by molar-refractivity contribution is 8.00. The zero-order valence-electron chi connectivity index (χ0n) is 9.15. The predicted molar refractivity (Wildman–Crippen MR) is 60.6 cm³/mol. The molecule has 0 radical (unpaired) electrons. The first kappa shape index (κ1) is 12.8. The minimum atomic E-state index is -4.16. The number of aromatic nitrogens is 1. The van der Waals surface area contributed by atoms with E-state index < -0.39 is 11.6 Å². The molecule has 0 aromatic carbocycles. The molecule has 0 aliphatic heterocycles. The SMILES string of the molecule is OC(c1ccn(CCSC(F)(F)F)c1)C1CC1. The molecule has 96 valence electrons. The maximum atomic E-state index is 11.9. The van der Waals surface area contributed by atoms with E-state index in [9.17, 15) is 18.3 Å². The monoisotopic (exact) mass is 265 g/mol. The van der Waals surface area contributed by atoms with E-state index in [0.717, 1.165) is 18.4 Å². The van der Waals surface area contributed by atoms with Crippen molar-refractivity contribution in [1.29, 1.82) is 0 Å². The fraction of sp³-hybridized carbons (Fsp3) is 0.636. The van der Waals surface area contributed by atoms with Crippen LogP contribution in [0.1, 0.15) is 24.5 Å². The van der Waals surface area contributed by atoms with E-state index >= 15 is 0 Å². The summed E-state index contributed by atoms with van der Waals surface area (Å²) >= 11 is -0.0186. The van der Waals surface area contributed by atoms with Gasteiger partial charge in [-0.15, -0.1) is 0 Å². The summed E-state index contributed by atoms with van der Waals surface area (Å²) in [5.74, 6) is 0.340. The molecule has 0 amide bonds. The van der Waals surface area contributed by atoms with E-state index in [0.29, 0.717) is 12.5 Å². The average molecular weight is 265 g/mol. The summed E-state index contributed by atoms with van der Waals surface area (Å²) in [6, 6.07) is 1.78. The van der Waals surface area contributed by atoms with Gasteiger partial charge in [-0.3, -0.25) is 0 Å². The Balaban J connectivity index is 1.81. The number of aryl methyl sites for hydroxylation is 1. The fourth-order valence-corrected chi connectivity index (χ4v) is 2.26. The average Bonchev–Trinajstić information content (AvgIpc) is 2.96. The van der Waals surface area contributed by atoms with Gasteiger partial charge in [0.2, 0.25) is 0 Å². The molecular formula is C11H14F3NOS. The van der Waals surface area contributed by atoms with E-state index in [2.05, 4.69) is 0 Å². The van der Waals surface area contributed by atoms with Crippen molar-refractivity contribution in [1.82, 2.24) is 4.57 Å². The fourth-order valence-electron chi connectivity index (χ4n) is 1.72. The largest absolute Gasteiger partial charge is 0.441 e. The normalized spacial score (nSPS) is 18.4. The maximum absolute atomic E-state index is 11.9. The van der Waals surface area contributed by atoms with E-state index in [1.165, 1.54) is 0 Å². The summed E-state index contributed by atoms with van der Waals surface area (Å²) in [6.45, 7) is 0.307. The van der Waals surface area contributed by atoms with Crippen molar-refractivity contribution >= 4 is 11.8 Å². The number of alkyl halides is 3. The number of aliphatic hydroxyl groups excluding tert-OH is 1. The van der Waals surface area contributed by atoms with Crippen molar-refractivity contribution in [3.63, 3.8) is 0 Å². The summed E-state index contributed by atoms with van der Waals surface area (Å²) in [5.41, 5.74) is -3.35. The molecule has 1 aliphatic rings. The first-order valence-corrected chi connectivity index (χ1v) is 6.49. The van der Waals surface area contributed by atoms with Gasteiger partial charge in [0.25, 0.3) is 0 Å². The molecule has 1 aliphatic carbocycles. The molecular weight excluding hydrogens is 251 g/mol. The number of halogens is 3. The molecule has 1 fully saturated rings. The van der Waals surface area contributed by atoms with Crippen molar-refractivity contribution in [3.05, 3.63) is 24.0 Å². The van der Waals surface area contributed by atoms with Crippen LogP contribution in [0.25, 0.3) is 0 Å².